The summed E-state index contributed by atoms with van der Waals surface area (Å²) in [6, 6.07) is 8.48. The molecule has 2 fully saturated rings. The summed E-state index contributed by atoms with van der Waals surface area (Å²) in [7, 11) is 0. The van der Waals surface area contributed by atoms with Crippen LogP contribution in [0.1, 0.15) is 41.6 Å². The van der Waals surface area contributed by atoms with Crippen LogP contribution in [0.2, 0.25) is 0 Å². The van der Waals surface area contributed by atoms with Gasteiger partial charge in [-0.15, -0.1) is 0 Å². The fraction of sp³-hybridized carbons (Fsp3) is 0.588. The quantitative estimate of drug-likeness (QED) is 0.754. The first-order chi connectivity index (χ1) is 10.6. The number of nitrogens with two attached hydrogens (primary N) is 1. The second-order valence-electron chi connectivity index (χ2n) is 6.49. The minimum atomic E-state index is -0.383. The molecule has 0 aromatic heterocycles. The van der Waals surface area contributed by atoms with Gasteiger partial charge in [-0.05, 0) is 37.0 Å². The summed E-state index contributed by atoms with van der Waals surface area (Å²) < 4.78 is 0. The van der Waals surface area contributed by atoms with Crippen LogP contribution in [0, 0.1) is 0 Å². The summed E-state index contributed by atoms with van der Waals surface area (Å²) >= 11 is 0. The predicted octanol–water partition coefficient (Wildman–Crippen LogP) is 0.863. The zero-order valence-corrected chi connectivity index (χ0v) is 12.9. The van der Waals surface area contributed by atoms with E-state index < -0.39 is 0 Å². The van der Waals surface area contributed by atoms with E-state index >= 15 is 0 Å². The van der Waals surface area contributed by atoms with Gasteiger partial charge in [0.05, 0.1) is 6.10 Å². The molecule has 0 spiro atoms. The second kappa shape index (κ2) is 6.77. The Bertz CT molecular complexity index is 534. The van der Waals surface area contributed by atoms with Gasteiger partial charge >= 0.3 is 0 Å². The lowest BCUT2D eigenvalue weighted by Crippen LogP contribution is -2.46. The average Bonchev–Trinajstić information content (AvgIpc) is 3.13. The molecule has 5 heteroatoms. The molecule has 22 heavy (non-hydrogen) atoms. The number of hydrogen-bond acceptors (Lipinski definition) is 4. The van der Waals surface area contributed by atoms with Crippen molar-refractivity contribution in [3.8, 4) is 0 Å². The number of hydrogen-bond donors (Lipinski definition) is 3. The van der Waals surface area contributed by atoms with Crippen LogP contribution in [-0.4, -0.2) is 47.2 Å². The Morgan fingerprint density at radius 1 is 1.36 bits per heavy atom. The summed E-state index contributed by atoms with van der Waals surface area (Å²) in [4.78, 5) is 13.7. The lowest BCUT2D eigenvalue weighted by Gasteiger charge is -2.30. The van der Waals surface area contributed by atoms with Crippen molar-refractivity contribution >= 4 is 5.91 Å². The van der Waals surface area contributed by atoms with Gasteiger partial charge in [-0.1, -0.05) is 18.6 Å². The monoisotopic (exact) mass is 303 g/mol. The van der Waals surface area contributed by atoms with Crippen LogP contribution in [-0.2, 0) is 6.54 Å². The molecule has 1 aliphatic heterocycles. The van der Waals surface area contributed by atoms with E-state index in [-0.39, 0.29) is 12.0 Å². The van der Waals surface area contributed by atoms with Crippen molar-refractivity contribution < 1.29 is 9.90 Å². The number of benzene rings is 1. The van der Waals surface area contributed by atoms with Crippen LogP contribution >= 0.6 is 0 Å². The van der Waals surface area contributed by atoms with E-state index in [2.05, 4.69) is 10.2 Å². The van der Waals surface area contributed by atoms with Crippen LogP contribution in [0.3, 0.4) is 0 Å². The highest BCUT2D eigenvalue weighted by atomic mass is 16.3. The number of rotatable bonds is 5. The van der Waals surface area contributed by atoms with E-state index in [0.717, 1.165) is 31.6 Å². The molecule has 1 saturated heterocycles. The molecule has 1 aliphatic carbocycles. The van der Waals surface area contributed by atoms with E-state index in [1.54, 1.807) is 6.07 Å². The number of aliphatic hydroxyl groups excluding tert-OH is 1. The molecule has 1 unspecified atom stereocenters. The van der Waals surface area contributed by atoms with E-state index in [1.807, 2.05) is 18.2 Å². The summed E-state index contributed by atoms with van der Waals surface area (Å²) in [5.41, 5.74) is 6.98. The lowest BCUT2D eigenvalue weighted by molar-refractivity contribution is 0.1000. The fourth-order valence-corrected chi connectivity index (χ4v) is 3.77. The first kappa shape index (κ1) is 15.5. The van der Waals surface area contributed by atoms with Crippen molar-refractivity contribution in [1.82, 2.24) is 10.2 Å². The van der Waals surface area contributed by atoms with Crippen molar-refractivity contribution in [2.75, 3.05) is 13.1 Å². The van der Waals surface area contributed by atoms with Gasteiger partial charge in [-0.25, -0.2) is 0 Å². The molecule has 2 aliphatic rings. The van der Waals surface area contributed by atoms with E-state index in [1.165, 1.54) is 19.3 Å². The molecule has 3 rings (SSSR count). The minimum absolute atomic E-state index is 0.159. The highest BCUT2D eigenvalue weighted by molar-refractivity contribution is 5.92. The normalized spacial score (nSPS) is 29.0. The molecular formula is C17H25N3O2. The summed E-state index contributed by atoms with van der Waals surface area (Å²) in [6.45, 7) is 2.56. The molecule has 1 heterocycles. The standard InChI is InChI=1S/C17H25N3O2/c18-17(22)13-4-1-3-12(9-13)10-19-15-5-2-6-16(15)20-8-7-14(21)11-20/h1,3-4,9,14-16,19,21H,2,5-8,10-11H2,(H2,18,22)/t14?,15-,16+/m1/s1. The van der Waals surface area contributed by atoms with E-state index in [4.69, 9.17) is 5.73 Å². The molecule has 3 atom stereocenters. The molecule has 5 nitrogen and oxygen atoms in total. The van der Waals surface area contributed by atoms with Crippen molar-refractivity contribution in [3.05, 3.63) is 35.4 Å². The van der Waals surface area contributed by atoms with Crippen molar-refractivity contribution in [3.63, 3.8) is 0 Å². The van der Waals surface area contributed by atoms with Gasteiger partial charge in [-0.3, -0.25) is 9.69 Å². The van der Waals surface area contributed by atoms with Gasteiger partial charge in [0.1, 0.15) is 0 Å². The Morgan fingerprint density at radius 2 is 2.23 bits per heavy atom. The molecule has 0 radical (unpaired) electrons. The van der Waals surface area contributed by atoms with Crippen LogP contribution in [0.15, 0.2) is 24.3 Å². The number of carbonyl (C=O) groups excluding carboxylic acids is 1. The highest BCUT2D eigenvalue weighted by Gasteiger charge is 2.35. The lowest BCUT2D eigenvalue weighted by atomic mass is 10.1. The Hall–Kier alpha value is -1.43. The first-order valence-electron chi connectivity index (χ1n) is 8.18. The van der Waals surface area contributed by atoms with Gasteiger partial charge < -0.3 is 16.2 Å². The molecule has 1 aromatic rings. The smallest absolute Gasteiger partial charge is 0.248 e. The zero-order chi connectivity index (χ0) is 15.5. The van der Waals surface area contributed by atoms with E-state index in [0.29, 0.717) is 17.6 Å². The molecule has 1 amide bonds. The third-order valence-corrected chi connectivity index (χ3v) is 4.92. The second-order valence-corrected chi connectivity index (χ2v) is 6.49. The maximum absolute atomic E-state index is 11.2. The van der Waals surface area contributed by atoms with Gasteiger partial charge in [0.2, 0.25) is 5.91 Å². The summed E-state index contributed by atoms with van der Waals surface area (Å²) in [6.07, 6.45) is 4.34. The maximum atomic E-state index is 11.2. The first-order valence-corrected chi connectivity index (χ1v) is 8.18. The number of aliphatic hydroxyl groups is 1. The van der Waals surface area contributed by atoms with Gasteiger partial charge in [-0.2, -0.15) is 0 Å². The van der Waals surface area contributed by atoms with Crippen LogP contribution < -0.4 is 11.1 Å². The number of nitrogens with zero attached hydrogens (tertiary/aromatic N) is 1. The average molecular weight is 303 g/mol. The number of primary amides is 1. The summed E-state index contributed by atoms with van der Waals surface area (Å²) in [5, 5.41) is 13.4. The summed E-state index contributed by atoms with van der Waals surface area (Å²) in [5.74, 6) is -0.383. The molecule has 1 saturated carbocycles. The topological polar surface area (TPSA) is 78.6 Å². The number of amides is 1. The largest absolute Gasteiger partial charge is 0.392 e. The molecule has 0 bridgehead atoms. The minimum Gasteiger partial charge on any atom is -0.392 e. The van der Waals surface area contributed by atoms with Crippen molar-refractivity contribution in [1.29, 1.82) is 0 Å². The van der Waals surface area contributed by atoms with Gasteiger partial charge in [0.15, 0.2) is 0 Å². The Labute approximate surface area is 131 Å². The Kier molecular flexibility index (Phi) is 4.76. The van der Waals surface area contributed by atoms with Crippen LogP contribution in [0.4, 0.5) is 0 Å². The van der Waals surface area contributed by atoms with Gasteiger partial charge in [0, 0.05) is 37.3 Å². The fourth-order valence-electron chi connectivity index (χ4n) is 3.77. The van der Waals surface area contributed by atoms with Crippen molar-refractivity contribution in [2.24, 2.45) is 5.73 Å². The number of likely N-dealkylation sites (tertiary alicyclic amines) is 1. The molecule has 120 valence electrons. The third-order valence-electron chi connectivity index (χ3n) is 4.92. The molecule has 4 N–H and O–H groups in total. The van der Waals surface area contributed by atoms with Crippen LogP contribution in [0.5, 0.6) is 0 Å². The van der Waals surface area contributed by atoms with E-state index in [9.17, 15) is 9.90 Å². The van der Waals surface area contributed by atoms with Crippen molar-refractivity contribution in [2.45, 2.75) is 50.4 Å². The Morgan fingerprint density at radius 3 is 2.95 bits per heavy atom. The van der Waals surface area contributed by atoms with Gasteiger partial charge in [0.25, 0.3) is 0 Å². The molecule has 1 aromatic carbocycles. The number of carbonyl (C=O) groups is 1. The zero-order valence-electron chi connectivity index (χ0n) is 12.9. The van der Waals surface area contributed by atoms with Crippen LogP contribution in [0.25, 0.3) is 0 Å². The predicted molar refractivity (Wildman–Crippen MR) is 85.4 cm³/mol. The number of β-amino-alcohol motifs (C(OH)–C–C–N with tert-alkyl or cyclic N) is 1. The highest BCUT2D eigenvalue weighted by Crippen LogP contribution is 2.27. The Balaban J connectivity index is 1.58. The molecular weight excluding hydrogens is 278 g/mol. The number of nitrogens with one attached hydrogen (secondary N) is 1. The third kappa shape index (κ3) is 3.48. The maximum Gasteiger partial charge on any atom is 0.248 e. The SMILES string of the molecule is NC(=O)c1cccc(CN[C@@H]2CCC[C@@H]2N2CCC(O)C2)c1.